The number of halogens is 1. The molecule has 2 aromatic rings. The first-order valence-electron chi connectivity index (χ1n) is 7.24. The van der Waals surface area contributed by atoms with Crippen LogP contribution in [-0.4, -0.2) is 38.0 Å². The Kier molecular flexibility index (Phi) is 3.81. The summed E-state index contributed by atoms with van der Waals surface area (Å²) >= 11 is 0. The third-order valence-corrected chi connectivity index (χ3v) is 3.91. The third-order valence-electron chi connectivity index (χ3n) is 3.91. The molecule has 0 radical (unpaired) electrons. The average Bonchev–Trinajstić information content (AvgIpc) is 2.89. The standard InChI is InChI=1S/C15H16FN5O2/c1-9-13-19-18-10(2)21(13)7-6-20(9)15(23)14(22)17-12-5-3-4-11(16)8-12/h3-5,8-9H,6-7H2,1-2H3,(H,17,22). The van der Waals surface area contributed by atoms with E-state index >= 15 is 0 Å². The maximum absolute atomic E-state index is 13.1. The molecule has 1 atom stereocenters. The van der Waals surface area contributed by atoms with Crippen molar-refractivity contribution >= 4 is 17.5 Å². The highest BCUT2D eigenvalue weighted by Crippen LogP contribution is 2.24. The van der Waals surface area contributed by atoms with Crippen molar-refractivity contribution in [1.82, 2.24) is 19.7 Å². The molecule has 0 saturated heterocycles. The Balaban J connectivity index is 1.74. The van der Waals surface area contributed by atoms with Gasteiger partial charge in [0.15, 0.2) is 5.82 Å². The van der Waals surface area contributed by atoms with Crippen LogP contribution in [0.2, 0.25) is 0 Å². The Labute approximate surface area is 132 Å². The molecular weight excluding hydrogens is 301 g/mol. The van der Waals surface area contributed by atoms with E-state index in [0.29, 0.717) is 18.9 Å². The number of nitrogens with zero attached hydrogens (tertiary/aromatic N) is 4. The van der Waals surface area contributed by atoms with Crippen molar-refractivity contribution < 1.29 is 14.0 Å². The van der Waals surface area contributed by atoms with Gasteiger partial charge in [-0.15, -0.1) is 10.2 Å². The summed E-state index contributed by atoms with van der Waals surface area (Å²) in [4.78, 5) is 25.9. The number of hydrogen-bond donors (Lipinski definition) is 1. The summed E-state index contributed by atoms with van der Waals surface area (Å²) in [6, 6.07) is 5.05. The zero-order valence-electron chi connectivity index (χ0n) is 12.8. The van der Waals surface area contributed by atoms with Crippen molar-refractivity contribution in [2.75, 3.05) is 11.9 Å². The fourth-order valence-electron chi connectivity index (χ4n) is 2.68. The van der Waals surface area contributed by atoms with Crippen LogP contribution in [0.1, 0.15) is 24.6 Å². The van der Waals surface area contributed by atoms with Crippen molar-refractivity contribution in [2.45, 2.75) is 26.4 Å². The lowest BCUT2D eigenvalue weighted by molar-refractivity contribution is -0.145. The van der Waals surface area contributed by atoms with Gasteiger partial charge in [0.05, 0.1) is 6.04 Å². The second kappa shape index (κ2) is 5.79. The highest BCUT2D eigenvalue weighted by molar-refractivity contribution is 6.39. The van der Waals surface area contributed by atoms with Gasteiger partial charge in [0.2, 0.25) is 0 Å². The monoisotopic (exact) mass is 317 g/mol. The van der Waals surface area contributed by atoms with E-state index in [1.54, 1.807) is 6.92 Å². The first kappa shape index (κ1) is 15.1. The smallest absolute Gasteiger partial charge is 0.313 e. The van der Waals surface area contributed by atoms with Crippen molar-refractivity contribution in [2.24, 2.45) is 0 Å². The van der Waals surface area contributed by atoms with E-state index in [1.165, 1.54) is 23.1 Å². The lowest BCUT2D eigenvalue weighted by Crippen LogP contribution is -2.46. The van der Waals surface area contributed by atoms with Crippen LogP contribution >= 0.6 is 0 Å². The zero-order valence-corrected chi connectivity index (χ0v) is 12.8. The lowest BCUT2D eigenvalue weighted by atomic mass is 10.2. The van der Waals surface area contributed by atoms with Crippen LogP contribution in [0.4, 0.5) is 10.1 Å². The van der Waals surface area contributed by atoms with Gasteiger partial charge in [-0.25, -0.2) is 4.39 Å². The molecule has 1 aliphatic rings. The Morgan fingerprint density at radius 1 is 1.30 bits per heavy atom. The summed E-state index contributed by atoms with van der Waals surface area (Å²) in [6.07, 6.45) is 0. The van der Waals surface area contributed by atoms with Gasteiger partial charge in [-0.2, -0.15) is 0 Å². The highest BCUT2D eigenvalue weighted by Gasteiger charge is 2.33. The average molecular weight is 317 g/mol. The van der Waals surface area contributed by atoms with Gasteiger partial charge in [-0.05, 0) is 32.0 Å². The molecule has 3 rings (SSSR count). The molecule has 1 N–H and O–H groups in total. The van der Waals surface area contributed by atoms with Crippen molar-refractivity contribution in [1.29, 1.82) is 0 Å². The minimum atomic E-state index is -0.799. The Hall–Kier alpha value is -2.77. The maximum Gasteiger partial charge on any atom is 0.313 e. The number of aryl methyl sites for hydroxylation is 1. The van der Waals surface area contributed by atoms with Gasteiger partial charge in [0.25, 0.3) is 0 Å². The number of amides is 2. The predicted octanol–water partition coefficient (Wildman–Crippen LogP) is 1.27. The SMILES string of the molecule is Cc1nnc2n1CCN(C(=O)C(=O)Nc1cccc(F)c1)C2C. The summed E-state index contributed by atoms with van der Waals surface area (Å²) in [6.45, 7) is 4.57. The molecule has 1 aromatic heterocycles. The molecule has 0 aliphatic carbocycles. The number of aromatic nitrogens is 3. The largest absolute Gasteiger partial charge is 0.323 e. The van der Waals surface area contributed by atoms with E-state index in [-0.39, 0.29) is 11.7 Å². The number of fused-ring (bicyclic) bond motifs is 1. The lowest BCUT2D eigenvalue weighted by Gasteiger charge is -2.33. The second-order valence-electron chi connectivity index (χ2n) is 5.40. The number of hydrogen-bond acceptors (Lipinski definition) is 4. The normalized spacial score (nSPS) is 16.8. The Morgan fingerprint density at radius 2 is 2.09 bits per heavy atom. The number of carbonyl (C=O) groups is 2. The topological polar surface area (TPSA) is 80.1 Å². The summed E-state index contributed by atoms with van der Waals surface area (Å²) < 4.78 is 15.1. The van der Waals surface area contributed by atoms with Crippen LogP contribution < -0.4 is 5.32 Å². The van der Waals surface area contributed by atoms with Gasteiger partial charge >= 0.3 is 11.8 Å². The molecule has 1 aromatic carbocycles. The van der Waals surface area contributed by atoms with Crippen molar-refractivity contribution in [3.8, 4) is 0 Å². The van der Waals surface area contributed by atoms with E-state index in [0.717, 1.165) is 11.9 Å². The predicted molar refractivity (Wildman–Crippen MR) is 79.9 cm³/mol. The van der Waals surface area contributed by atoms with Crippen LogP contribution in [0, 0.1) is 12.7 Å². The molecule has 120 valence electrons. The number of anilines is 1. The van der Waals surface area contributed by atoms with Crippen molar-refractivity contribution in [3.63, 3.8) is 0 Å². The molecule has 0 spiro atoms. The molecule has 0 saturated carbocycles. The Morgan fingerprint density at radius 3 is 2.83 bits per heavy atom. The summed E-state index contributed by atoms with van der Waals surface area (Å²) in [5.74, 6) is -0.519. The molecule has 7 nitrogen and oxygen atoms in total. The molecule has 2 heterocycles. The van der Waals surface area contributed by atoms with Gasteiger partial charge in [0.1, 0.15) is 11.6 Å². The van der Waals surface area contributed by atoms with Gasteiger partial charge in [0, 0.05) is 18.8 Å². The van der Waals surface area contributed by atoms with Crippen LogP contribution in [-0.2, 0) is 16.1 Å². The minimum absolute atomic E-state index is 0.243. The third kappa shape index (κ3) is 2.79. The molecule has 0 fully saturated rings. The highest BCUT2D eigenvalue weighted by atomic mass is 19.1. The van der Waals surface area contributed by atoms with Crippen molar-refractivity contribution in [3.05, 3.63) is 41.7 Å². The van der Waals surface area contributed by atoms with Crippen LogP contribution in [0.15, 0.2) is 24.3 Å². The number of benzene rings is 1. The minimum Gasteiger partial charge on any atom is -0.323 e. The number of carbonyl (C=O) groups excluding carboxylic acids is 2. The van der Waals surface area contributed by atoms with E-state index in [4.69, 9.17) is 0 Å². The summed E-state index contributed by atoms with van der Waals surface area (Å²) in [5, 5.41) is 10.5. The van der Waals surface area contributed by atoms with Gasteiger partial charge in [-0.1, -0.05) is 6.07 Å². The zero-order chi connectivity index (χ0) is 16.6. The molecule has 23 heavy (non-hydrogen) atoms. The first-order chi connectivity index (χ1) is 11.0. The maximum atomic E-state index is 13.1. The van der Waals surface area contributed by atoms with Crippen LogP contribution in [0.25, 0.3) is 0 Å². The molecular formula is C15H16FN5O2. The molecule has 1 aliphatic heterocycles. The quantitative estimate of drug-likeness (QED) is 0.803. The second-order valence-corrected chi connectivity index (χ2v) is 5.40. The van der Waals surface area contributed by atoms with Gasteiger partial charge < -0.3 is 14.8 Å². The van der Waals surface area contributed by atoms with Gasteiger partial charge in [-0.3, -0.25) is 9.59 Å². The molecule has 2 amide bonds. The summed E-state index contributed by atoms with van der Waals surface area (Å²) in [7, 11) is 0. The molecule has 1 unspecified atom stereocenters. The van der Waals surface area contributed by atoms with Crippen LogP contribution in [0.3, 0.4) is 0 Å². The Bertz CT molecular complexity index is 773. The summed E-state index contributed by atoms with van der Waals surface area (Å²) in [5.41, 5.74) is 0.243. The van der Waals surface area contributed by atoms with Crippen LogP contribution in [0.5, 0.6) is 0 Å². The molecule has 0 bridgehead atoms. The number of nitrogens with one attached hydrogen (secondary N) is 1. The van der Waals surface area contributed by atoms with E-state index in [2.05, 4.69) is 15.5 Å². The molecule has 8 heteroatoms. The van der Waals surface area contributed by atoms with E-state index < -0.39 is 17.6 Å². The fourth-order valence-corrected chi connectivity index (χ4v) is 2.68. The first-order valence-corrected chi connectivity index (χ1v) is 7.24. The number of rotatable bonds is 1. The van der Waals surface area contributed by atoms with E-state index in [1.807, 2.05) is 11.5 Å². The van der Waals surface area contributed by atoms with E-state index in [9.17, 15) is 14.0 Å². The fraction of sp³-hybridized carbons (Fsp3) is 0.333.